The number of carboxylic acid groups (broad SMARTS) is 1. The van der Waals surface area contributed by atoms with Gasteiger partial charge in [-0.05, 0) is 49.6 Å². The third kappa shape index (κ3) is 15.4. The summed E-state index contributed by atoms with van der Waals surface area (Å²) in [6, 6.07) is 5.78. The lowest BCUT2D eigenvalue weighted by Crippen LogP contribution is -2.60. The highest BCUT2D eigenvalue weighted by atomic mass is 16.7. The zero-order valence-corrected chi connectivity index (χ0v) is 41.8. The number of ether oxygens (including phenoxy) is 4. The first-order valence-electron chi connectivity index (χ1n) is 23.9. The summed E-state index contributed by atoms with van der Waals surface area (Å²) in [6.07, 6.45) is -8.04. The van der Waals surface area contributed by atoms with Gasteiger partial charge in [0.25, 0.3) is 0 Å². The number of likely N-dealkylation sites (N-methyl/N-ethyl adjacent to an activating group) is 2. The molecule has 0 radical (unpaired) electrons. The van der Waals surface area contributed by atoms with Crippen molar-refractivity contribution in [1.82, 2.24) is 31.1 Å². The molecule has 1 aromatic rings. The Morgan fingerprint density at radius 3 is 2.07 bits per heavy atom. The summed E-state index contributed by atoms with van der Waals surface area (Å²) in [4.78, 5) is 84.5. The molecule has 20 nitrogen and oxygen atoms in total. The molecule has 68 heavy (non-hydrogen) atoms. The second-order valence-electron chi connectivity index (χ2n) is 18.8. The molecular weight excluding hydrogens is 885 g/mol. The molecule has 386 valence electrons. The Labute approximate surface area is 401 Å². The number of aliphatic hydroxyl groups excluding tert-OH is 3. The summed E-state index contributed by atoms with van der Waals surface area (Å²) >= 11 is 0. The van der Waals surface area contributed by atoms with Crippen molar-refractivity contribution in [2.24, 2.45) is 23.7 Å². The van der Waals surface area contributed by atoms with Crippen molar-refractivity contribution in [2.75, 3.05) is 48.0 Å². The summed E-state index contributed by atoms with van der Waals surface area (Å²) in [5.74, 6) is -4.44. The smallest absolute Gasteiger partial charge is 0.335 e. The van der Waals surface area contributed by atoms with E-state index in [1.165, 1.54) is 14.2 Å². The molecule has 8 N–H and O–H groups in total. The Balaban J connectivity index is 1.73. The number of amides is 5. The first-order valence-corrected chi connectivity index (χ1v) is 23.9. The summed E-state index contributed by atoms with van der Waals surface area (Å²) in [7, 11) is 6.39. The van der Waals surface area contributed by atoms with E-state index in [1.807, 2.05) is 71.9 Å². The molecule has 2 aliphatic rings. The van der Waals surface area contributed by atoms with Crippen LogP contribution in [0.1, 0.15) is 86.1 Å². The molecule has 0 aliphatic carbocycles. The minimum absolute atomic E-state index is 0.00841. The predicted molar refractivity (Wildman–Crippen MR) is 251 cm³/mol. The third-order valence-corrected chi connectivity index (χ3v) is 13.4. The van der Waals surface area contributed by atoms with Gasteiger partial charge >= 0.3 is 5.97 Å². The number of carbonyl (C=O) groups excluding carboxylic acids is 5. The Kier molecular flexibility index (Phi) is 23.7. The van der Waals surface area contributed by atoms with Gasteiger partial charge in [0.2, 0.25) is 29.5 Å². The van der Waals surface area contributed by atoms with Gasteiger partial charge < -0.3 is 70.4 Å². The number of nitrogens with one attached hydrogen (secondary N) is 4. The van der Waals surface area contributed by atoms with Crippen molar-refractivity contribution in [3.63, 3.8) is 0 Å². The van der Waals surface area contributed by atoms with E-state index < -0.39 is 96.8 Å². The largest absolute Gasteiger partial charge is 0.479 e. The number of carbonyl (C=O) groups is 6. The lowest BCUT2D eigenvalue weighted by molar-refractivity contribution is -0.294. The molecule has 5 amide bonds. The highest BCUT2D eigenvalue weighted by Crippen LogP contribution is 2.30. The van der Waals surface area contributed by atoms with Crippen LogP contribution in [-0.4, -0.2) is 187 Å². The fraction of sp³-hybridized carbons (Fsp3) is 0.750. The Morgan fingerprint density at radius 2 is 1.51 bits per heavy atom. The van der Waals surface area contributed by atoms with E-state index in [0.29, 0.717) is 25.8 Å². The molecule has 0 spiro atoms. The number of hydrogen-bond donors (Lipinski definition) is 8. The number of benzene rings is 1. The van der Waals surface area contributed by atoms with Gasteiger partial charge in [-0.2, -0.15) is 0 Å². The SMILES string of the molecule is CC[C@H](C)[C@@H]([C@@H](CC(=O)N1CCC[C@H]1[C@H](OC)[C@@H](C)C(=O)N[C@@H](Cc1ccccc1)C(=O)NCCCO[C@@H]1O[C@H](C(=O)O)[C@@H](O)[C@H](O)[C@H]1O)OC)N(C)C(=O)[C@@H](NC(=O)[C@@H](NC)C(C)C)C(C)C. The molecule has 3 rings (SSSR count). The maximum Gasteiger partial charge on any atom is 0.335 e. The van der Waals surface area contributed by atoms with Crippen LogP contribution in [0.4, 0.5) is 0 Å². The number of aliphatic hydroxyl groups is 3. The maximum atomic E-state index is 14.4. The lowest BCUT2D eigenvalue weighted by atomic mass is 9.89. The molecule has 1 aromatic carbocycles. The summed E-state index contributed by atoms with van der Waals surface area (Å²) in [5.41, 5.74) is 0.783. The van der Waals surface area contributed by atoms with E-state index in [0.717, 1.165) is 5.56 Å². The minimum atomic E-state index is -1.86. The molecule has 0 aromatic heterocycles. The first kappa shape index (κ1) is 58.0. The Morgan fingerprint density at radius 1 is 0.868 bits per heavy atom. The van der Waals surface area contributed by atoms with Gasteiger partial charge in [0.15, 0.2) is 12.4 Å². The van der Waals surface area contributed by atoms with Crippen LogP contribution < -0.4 is 21.3 Å². The number of methoxy groups -OCH3 is 2. The number of aliphatic carboxylic acids is 1. The van der Waals surface area contributed by atoms with Crippen LogP contribution in [0.5, 0.6) is 0 Å². The maximum absolute atomic E-state index is 14.4. The summed E-state index contributed by atoms with van der Waals surface area (Å²) < 4.78 is 22.6. The zero-order chi connectivity index (χ0) is 51.0. The van der Waals surface area contributed by atoms with Crippen LogP contribution in [0.3, 0.4) is 0 Å². The van der Waals surface area contributed by atoms with Gasteiger partial charge in [0, 0.05) is 40.8 Å². The van der Waals surface area contributed by atoms with Crippen LogP contribution in [0.2, 0.25) is 0 Å². The van der Waals surface area contributed by atoms with Crippen LogP contribution in [0.25, 0.3) is 0 Å². The van der Waals surface area contributed by atoms with Gasteiger partial charge in [-0.15, -0.1) is 0 Å². The molecule has 2 saturated heterocycles. The zero-order valence-electron chi connectivity index (χ0n) is 41.8. The number of likely N-dealkylation sites (tertiary alicyclic amines) is 1. The molecule has 2 fully saturated rings. The van der Waals surface area contributed by atoms with Crippen LogP contribution >= 0.6 is 0 Å². The average molecular weight is 965 g/mol. The molecule has 14 atom stereocenters. The second kappa shape index (κ2) is 27.8. The summed E-state index contributed by atoms with van der Waals surface area (Å²) in [6.45, 7) is 13.6. The highest BCUT2D eigenvalue weighted by Gasteiger charge is 2.48. The quantitative estimate of drug-likeness (QED) is 0.0556. The number of rotatable bonds is 27. The third-order valence-electron chi connectivity index (χ3n) is 13.4. The summed E-state index contributed by atoms with van der Waals surface area (Å²) in [5, 5.41) is 51.2. The topological polar surface area (TPSA) is 275 Å². The van der Waals surface area contributed by atoms with Gasteiger partial charge in [-0.1, -0.05) is 85.2 Å². The van der Waals surface area contributed by atoms with Crippen LogP contribution in [0.15, 0.2) is 30.3 Å². The van der Waals surface area contributed by atoms with E-state index in [9.17, 15) is 49.2 Å². The van der Waals surface area contributed by atoms with E-state index in [2.05, 4.69) is 21.3 Å². The highest BCUT2D eigenvalue weighted by molar-refractivity contribution is 5.91. The standard InChI is InChI=1S/C48H80N6O14/c1-12-28(6)37(53(9)46(62)36(27(4)5)52-45(61)35(49-8)26(2)3)33(65-10)25-34(55)54-22-16-20-32(54)41(66-11)29(7)43(59)51-31(24-30-18-14-13-15-19-30)44(60)50-21-17-23-67-48-40(58)38(56)39(57)42(68-48)47(63)64/h13-15,18-19,26-29,31-33,35-42,48-49,56-58H,12,16-17,20-25H2,1-11H3,(H,50,60)(H,51,59)(H,52,61)(H,63,64)/t28-,29+,31-,32-,33+,35-,36-,37-,38-,39-,40+,41+,42-,48+/m0/s1. The molecule has 0 unspecified atom stereocenters. The van der Waals surface area contributed by atoms with Crippen LogP contribution in [0, 0.1) is 23.7 Å². The molecule has 2 heterocycles. The fourth-order valence-corrected chi connectivity index (χ4v) is 9.21. The molecule has 2 aliphatic heterocycles. The fourth-order valence-electron chi connectivity index (χ4n) is 9.21. The van der Waals surface area contributed by atoms with Crippen molar-refractivity contribution in [3.8, 4) is 0 Å². The Hall–Kier alpha value is -4.28. The number of carboxylic acids is 1. The minimum Gasteiger partial charge on any atom is -0.479 e. The Bertz CT molecular complexity index is 1770. The number of nitrogens with zero attached hydrogens (tertiary/aromatic N) is 2. The normalized spacial score (nSPS) is 24.3. The van der Waals surface area contributed by atoms with Crippen molar-refractivity contribution < 1.29 is 68.1 Å². The second-order valence-corrected chi connectivity index (χ2v) is 18.8. The number of hydrogen-bond acceptors (Lipinski definition) is 14. The van der Waals surface area contributed by atoms with E-state index >= 15 is 0 Å². The van der Waals surface area contributed by atoms with Gasteiger partial charge in [0.05, 0.1) is 49.3 Å². The van der Waals surface area contributed by atoms with Crippen molar-refractivity contribution >= 4 is 35.5 Å². The van der Waals surface area contributed by atoms with E-state index in [-0.39, 0.29) is 67.9 Å². The van der Waals surface area contributed by atoms with E-state index in [4.69, 9.17) is 18.9 Å². The monoisotopic (exact) mass is 965 g/mol. The van der Waals surface area contributed by atoms with Gasteiger partial charge in [-0.25, -0.2) is 4.79 Å². The van der Waals surface area contributed by atoms with Crippen molar-refractivity contribution in [2.45, 2.75) is 160 Å². The van der Waals surface area contributed by atoms with Gasteiger partial charge in [-0.3, -0.25) is 24.0 Å². The molecule has 0 saturated carbocycles. The molecular formula is C48H80N6O14. The molecule has 0 bridgehead atoms. The lowest BCUT2D eigenvalue weighted by Gasteiger charge is -2.41. The van der Waals surface area contributed by atoms with Crippen molar-refractivity contribution in [3.05, 3.63) is 35.9 Å². The predicted octanol–water partition coefficient (Wildman–Crippen LogP) is 0.434. The van der Waals surface area contributed by atoms with Crippen LogP contribution in [-0.2, 0) is 54.1 Å². The van der Waals surface area contributed by atoms with Gasteiger partial charge in [0.1, 0.15) is 30.4 Å². The molecule has 20 heteroatoms. The first-order chi connectivity index (χ1) is 32.1. The van der Waals surface area contributed by atoms with Crippen molar-refractivity contribution in [1.29, 1.82) is 0 Å². The van der Waals surface area contributed by atoms with E-state index in [1.54, 1.807) is 30.8 Å². The average Bonchev–Trinajstić information content (AvgIpc) is 3.79.